The summed E-state index contributed by atoms with van der Waals surface area (Å²) in [5.74, 6) is 0.00229. The number of hydrogen-bond acceptors (Lipinski definition) is 4. The molecule has 2 fully saturated rings. The molecule has 1 aliphatic carbocycles. The first-order valence-corrected chi connectivity index (χ1v) is 7.98. The van der Waals surface area contributed by atoms with Crippen LogP contribution in [-0.4, -0.2) is 59.3 Å². The molecule has 1 aliphatic heterocycles. The molecule has 2 unspecified atom stereocenters. The number of likely N-dealkylation sites (N-methyl/N-ethyl adjacent to an activating group) is 1. The number of amides is 2. The monoisotopic (exact) mass is 270 g/mol. The lowest BCUT2D eigenvalue weighted by molar-refractivity contribution is -0.138. The minimum absolute atomic E-state index is 0.00115. The Morgan fingerprint density at radius 2 is 1.94 bits per heavy atom. The number of hydrogen-bond donors (Lipinski definition) is 0. The molecule has 1 heterocycles. The number of nitrogens with zero attached hydrogens (tertiary/aromatic N) is 2. The number of rotatable bonds is 5. The molecule has 4 nitrogen and oxygen atoms in total. The van der Waals surface area contributed by atoms with Crippen molar-refractivity contribution >= 4 is 23.6 Å². The minimum Gasteiger partial charge on any atom is -0.301 e. The van der Waals surface area contributed by atoms with Crippen LogP contribution in [0, 0.1) is 0 Å². The molecule has 2 aliphatic rings. The van der Waals surface area contributed by atoms with Crippen molar-refractivity contribution in [3.63, 3.8) is 0 Å². The van der Waals surface area contributed by atoms with Crippen molar-refractivity contribution in [1.82, 2.24) is 9.80 Å². The van der Waals surface area contributed by atoms with Gasteiger partial charge in [-0.05, 0) is 26.1 Å². The van der Waals surface area contributed by atoms with Crippen molar-refractivity contribution in [3.8, 4) is 0 Å². The number of carbonyl (C=O) groups is 2. The Morgan fingerprint density at radius 3 is 2.56 bits per heavy atom. The van der Waals surface area contributed by atoms with Crippen molar-refractivity contribution < 1.29 is 9.59 Å². The summed E-state index contributed by atoms with van der Waals surface area (Å²) in [7, 11) is 2.12. The smallest absolute Gasteiger partial charge is 0.229 e. The zero-order valence-corrected chi connectivity index (χ0v) is 12.0. The molecule has 0 N–H and O–H groups in total. The van der Waals surface area contributed by atoms with Crippen LogP contribution in [0.3, 0.4) is 0 Å². The summed E-state index contributed by atoms with van der Waals surface area (Å²) < 4.78 is 0. The molecule has 0 bridgehead atoms. The van der Waals surface area contributed by atoms with E-state index in [1.807, 2.05) is 11.8 Å². The van der Waals surface area contributed by atoms with E-state index < -0.39 is 0 Å². The lowest BCUT2D eigenvalue weighted by atomic mass is 10.2. The molecular weight excluding hydrogens is 248 g/mol. The van der Waals surface area contributed by atoms with Gasteiger partial charge in [-0.25, -0.2) is 0 Å². The van der Waals surface area contributed by atoms with E-state index in [1.165, 1.54) is 24.2 Å². The summed E-state index contributed by atoms with van der Waals surface area (Å²) >= 11 is 1.94. The van der Waals surface area contributed by atoms with E-state index in [0.29, 0.717) is 30.7 Å². The van der Waals surface area contributed by atoms with Crippen LogP contribution < -0.4 is 0 Å². The topological polar surface area (TPSA) is 40.6 Å². The molecule has 2 rings (SSSR count). The van der Waals surface area contributed by atoms with Crippen molar-refractivity contribution in [2.45, 2.75) is 43.4 Å². The molecule has 18 heavy (non-hydrogen) atoms. The average molecular weight is 270 g/mol. The van der Waals surface area contributed by atoms with E-state index in [-0.39, 0.29) is 11.8 Å². The van der Waals surface area contributed by atoms with Crippen LogP contribution in [-0.2, 0) is 9.59 Å². The van der Waals surface area contributed by atoms with Gasteiger partial charge in [0.1, 0.15) is 0 Å². The van der Waals surface area contributed by atoms with Gasteiger partial charge in [0.2, 0.25) is 11.8 Å². The van der Waals surface area contributed by atoms with E-state index >= 15 is 0 Å². The predicted octanol–water partition coefficient (Wildman–Crippen LogP) is 1.35. The fourth-order valence-electron chi connectivity index (χ4n) is 2.98. The Bertz CT molecular complexity index is 319. The molecule has 2 amide bonds. The first-order valence-electron chi connectivity index (χ1n) is 6.69. The van der Waals surface area contributed by atoms with Crippen molar-refractivity contribution in [3.05, 3.63) is 0 Å². The highest BCUT2D eigenvalue weighted by Gasteiger charge is 2.32. The number of likely N-dealkylation sites (tertiary alicyclic amines) is 1. The standard InChI is InChI=1S/C13H22N2O2S/c1-14(10-4-3-5-11(10)18-2)8-9-15-12(16)6-7-13(15)17/h10-11H,3-9H2,1-2H3. The van der Waals surface area contributed by atoms with Crippen LogP contribution in [0.5, 0.6) is 0 Å². The Morgan fingerprint density at radius 1 is 1.28 bits per heavy atom. The highest BCUT2D eigenvalue weighted by Crippen LogP contribution is 2.31. The number of carbonyl (C=O) groups excluding carboxylic acids is 2. The van der Waals surface area contributed by atoms with Crippen molar-refractivity contribution in [2.24, 2.45) is 0 Å². The molecule has 2 atom stereocenters. The zero-order chi connectivity index (χ0) is 13.1. The zero-order valence-electron chi connectivity index (χ0n) is 11.2. The van der Waals surface area contributed by atoms with Gasteiger partial charge >= 0.3 is 0 Å². The van der Waals surface area contributed by atoms with Gasteiger partial charge in [-0.15, -0.1) is 0 Å². The Hall–Kier alpha value is -0.550. The van der Waals surface area contributed by atoms with Crippen molar-refractivity contribution in [1.29, 1.82) is 0 Å². The van der Waals surface area contributed by atoms with E-state index in [4.69, 9.17) is 0 Å². The van der Waals surface area contributed by atoms with Gasteiger partial charge in [0, 0.05) is 37.2 Å². The third-order valence-electron chi connectivity index (χ3n) is 4.12. The van der Waals surface area contributed by atoms with E-state index in [0.717, 1.165) is 6.54 Å². The molecule has 0 radical (unpaired) electrons. The maximum atomic E-state index is 11.5. The second kappa shape index (κ2) is 6.06. The van der Waals surface area contributed by atoms with Gasteiger partial charge in [0.25, 0.3) is 0 Å². The summed E-state index contributed by atoms with van der Waals surface area (Å²) in [6.45, 7) is 1.37. The number of imide groups is 1. The molecule has 5 heteroatoms. The molecule has 0 aromatic rings. The molecular formula is C13H22N2O2S. The highest BCUT2D eigenvalue weighted by atomic mass is 32.2. The molecule has 0 aromatic heterocycles. The fourth-order valence-corrected chi connectivity index (χ4v) is 4.04. The summed E-state index contributed by atoms with van der Waals surface area (Å²) in [6, 6.07) is 0.604. The highest BCUT2D eigenvalue weighted by molar-refractivity contribution is 7.99. The van der Waals surface area contributed by atoms with Gasteiger partial charge in [-0.1, -0.05) is 6.42 Å². The normalized spacial score (nSPS) is 28.7. The van der Waals surface area contributed by atoms with Crippen LogP contribution in [0.4, 0.5) is 0 Å². The van der Waals surface area contributed by atoms with E-state index in [9.17, 15) is 9.59 Å². The first kappa shape index (κ1) is 13.9. The van der Waals surface area contributed by atoms with Crippen LogP contribution in [0.15, 0.2) is 0 Å². The van der Waals surface area contributed by atoms with Crippen LogP contribution >= 0.6 is 11.8 Å². The fraction of sp³-hybridized carbons (Fsp3) is 0.846. The molecule has 1 saturated heterocycles. The van der Waals surface area contributed by atoms with Crippen LogP contribution in [0.25, 0.3) is 0 Å². The second-order valence-corrected chi connectivity index (χ2v) is 6.27. The maximum Gasteiger partial charge on any atom is 0.229 e. The first-order chi connectivity index (χ1) is 8.63. The second-order valence-electron chi connectivity index (χ2n) is 5.19. The Kier molecular flexibility index (Phi) is 4.67. The van der Waals surface area contributed by atoms with Crippen LogP contribution in [0.2, 0.25) is 0 Å². The number of thioether (sulfide) groups is 1. The molecule has 0 spiro atoms. The lowest BCUT2D eigenvalue weighted by Gasteiger charge is -2.29. The van der Waals surface area contributed by atoms with E-state index in [1.54, 1.807) is 0 Å². The third kappa shape index (κ3) is 2.88. The minimum atomic E-state index is 0.00115. The third-order valence-corrected chi connectivity index (χ3v) is 5.27. The van der Waals surface area contributed by atoms with Gasteiger partial charge in [-0.2, -0.15) is 11.8 Å². The molecule has 0 aromatic carbocycles. The van der Waals surface area contributed by atoms with Gasteiger partial charge < -0.3 is 4.90 Å². The average Bonchev–Trinajstić information content (AvgIpc) is 2.94. The molecule has 102 valence electrons. The SMILES string of the molecule is CSC1CCCC1N(C)CCN1C(=O)CCC1=O. The van der Waals surface area contributed by atoms with Gasteiger partial charge in [-0.3, -0.25) is 14.5 Å². The summed E-state index contributed by atoms with van der Waals surface area (Å²) in [6.07, 6.45) is 6.80. The Balaban J connectivity index is 1.82. The summed E-state index contributed by atoms with van der Waals surface area (Å²) in [5, 5.41) is 0.708. The summed E-state index contributed by atoms with van der Waals surface area (Å²) in [5.41, 5.74) is 0. The Labute approximate surface area is 113 Å². The van der Waals surface area contributed by atoms with Gasteiger partial charge in [0.05, 0.1) is 0 Å². The summed E-state index contributed by atoms with van der Waals surface area (Å²) in [4.78, 5) is 26.8. The predicted molar refractivity (Wildman–Crippen MR) is 73.5 cm³/mol. The maximum absolute atomic E-state index is 11.5. The van der Waals surface area contributed by atoms with Gasteiger partial charge in [0.15, 0.2) is 0 Å². The van der Waals surface area contributed by atoms with Crippen molar-refractivity contribution in [2.75, 3.05) is 26.4 Å². The largest absolute Gasteiger partial charge is 0.301 e. The van der Waals surface area contributed by atoms with E-state index in [2.05, 4.69) is 18.2 Å². The quantitative estimate of drug-likeness (QED) is 0.707. The van der Waals surface area contributed by atoms with Crippen LogP contribution in [0.1, 0.15) is 32.1 Å². The lowest BCUT2D eigenvalue weighted by Crippen LogP contribution is -2.42. The molecule has 1 saturated carbocycles.